The molecule has 1 atom stereocenters. The van der Waals surface area contributed by atoms with Crippen molar-refractivity contribution in [2.75, 3.05) is 13.2 Å². The first kappa shape index (κ1) is 12.9. The van der Waals surface area contributed by atoms with Gasteiger partial charge in [-0.05, 0) is 12.8 Å². The number of urea groups is 1. The van der Waals surface area contributed by atoms with E-state index < -0.39 is 16.7 Å². The van der Waals surface area contributed by atoms with E-state index in [1.807, 2.05) is 13.8 Å². The lowest BCUT2D eigenvalue weighted by molar-refractivity contribution is -0.836. The van der Waals surface area contributed by atoms with Crippen LogP contribution in [0.4, 0.5) is 4.79 Å². The number of carbonyl (C=O) groups is 2. The summed E-state index contributed by atoms with van der Waals surface area (Å²) in [5, 5.41) is 12.0. The molecule has 1 aliphatic rings. The van der Waals surface area contributed by atoms with E-state index in [4.69, 9.17) is 0 Å². The number of amides is 3. The van der Waals surface area contributed by atoms with Gasteiger partial charge in [-0.3, -0.25) is 4.90 Å². The molecule has 6 heteroatoms. The summed E-state index contributed by atoms with van der Waals surface area (Å²) >= 11 is 0. The lowest BCUT2D eigenvalue weighted by Gasteiger charge is -2.31. The van der Waals surface area contributed by atoms with Crippen LogP contribution in [0.3, 0.4) is 0 Å². The maximum atomic E-state index is 12.0. The van der Waals surface area contributed by atoms with Crippen LogP contribution in [-0.2, 0) is 4.79 Å². The van der Waals surface area contributed by atoms with Crippen molar-refractivity contribution in [3.05, 3.63) is 5.21 Å². The molecular weight excluding hydrogens is 210 g/mol. The molecule has 6 nitrogen and oxygen atoms in total. The Bertz CT molecular complexity index is 282. The second-order valence-electron chi connectivity index (χ2n) is 4.06. The van der Waals surface area contributed by atoms with E-state index in [0.29, 0.717) is 13.0 Å². The normalized spacial score (nSPS) is 24.7. The maximum Gasteiger partial charge on any atom is 0.366 e. The zero-order valence-corrected chi connectivity index (χ0v) is 9.86. The third kappa shape index (κ3) is 2.70. The van der Waals surface area contributed by atoms with Crippen molar-refractivity contribution in [3.8, 4) is 0 Å². The Labute approximate surface area is 95.3 Å². The number of carbonyl (C=O) groups excluding carboxylic acids is 2. The van der Waals surface area contributed by atoms with E-state index in [-0.39, 0.29) is 13.1 Å². The van der Waals surface area contributed by atoms with Gasteiger partial charge < -0.3 is 5.21 Å². The summed E-state index contributed by atoms with van der Waals surface area (Å²) < 4.78 is -1.23. The molecule has 0 radical (unpaired) electrons. The van der Waals surface area contributed by atoms with Gasteiger partial charge in [0.25, 0.3) is 0 Å². The first-order chi connectivity index (χ1) is 7.53. The summed E-state index contributed by atoms with van der Waals surface area (Å²) in [5.41, 5.74) is 2.19. The van der Waals surface area contributed by atoms with E-state index in [9.17, 15) is 14.8 Å². The van der Waals surface area contributed by atoms with Gasteiger partial charge in [-0.1, -0.05) is 20.3 Å². The molecule has 1 aliphatic heterocycles. The lowest BCUT2D eigenvalue weighted by Crippen LogP contribution is -2.53. The SMILES string of the molecule is CCCCN1C[N+]([O-])(C(=O)CCC)NC1=O. The summed E-state index contributed by atoms with van der Waals surface area (Å²) in [6.45, 7) is 4.27. The molecule has 1 fully saturated rings. The molecule has 0 aromatic heterocycles. The third-order valence-corrected chi connectivity index (χ3v) is 2.58. The minimum atomic E-state index is -1.23. The quantitative estimate of drug-likeness (QED) is 0.571. The van der Waals surface area contributed by atoms with Crippen LogP contribution in [0.5, 0.6) is 0 Å². The van der Waals surface area contributed by atoms with Gasteiger partial charge in [0.2, 0.25) is 0 Å². The summed E-state index contributed by atoms with van der Waals surface area (Å²) in [6.07, 6.45) is 2.61. The molecule has 1 unspecified atom stereocenters. The van der Waals surface area contributed by atoms with Gasteiger partial charge in [0.05, 0.1) is 6.42 Å². The Hall–Kier alpha value is -1.14. The van der Waals surface area contributed by atoms with E-state index in [1.54, 1.807) is 0 Å². The molecule has 0 aromatic carbocycles. The van der Waals surface area contributed by atoms with Gasteiger partial charge in [0, 0.05) is 6.54 Å². The highest BCUT2D eigenvalue weighted by molar-refractivity contribution is 5.78. The third-order valence-electron chi connectivity index (χ3n) is 2.58. The van der Waals surface area contributed by atoms with E-state index in [1.165, 1.54) is 4.90 Å². The highest BCUT2D eigenvalue weighted by Crippen LogP contribution is 2.15. The van der Waals surface area contributed by atoms with Crippen LogP contribution in [-0.4, -0.2) is 34.8 Å². The Morgan fingerprint density at radius 2 is 2.19 bits per heavy atom. The molecule has 0 saturated carbocycles. The van der Waals surface area contributed by atoms with Crippen LogP contribution in [0.1, 0.15) is 39.5 Å². The van der Waals surface area contributed by atoms with Crippen LogP contribution in [0.15, 0.2) is 0 Å². The van der Waals surface area contributed by atoms with Gasteiger partial charge in [-0.2, -0.15) is 10.2 Å². The Morgan fingerprint density at radius 1 is 1.50 bits per heavy atom. The largest absolute Gasteiger partial charge is 0.597 e. The van der Waals surface area contributed by atoms with Crippen molar-refractivity contribution in [1.29, 1.82) is 0 Å². The number of rotatable bonds is 5. The van der Waals surface area contributed by atoms with E-state index >= 15 is 0 Å². The fraction of sp³-hybridized carbons (Fsp3) is 0.800. The monoisotopic (exact) mass is 229 g/mol. The van der Waals surface area contributed by atoms with Crippen LogP contribution in [0.25, 0.3) is 0 Å². The Balaban J connectivity index is 2.59. The fourth-order valence-electron chi connectivity index (χ4n) is 1.62. The van der Waals surface area contributed by atoms with Crippen LogP contribution >= 0.6 is 0 Å². The van der Waals surface area contributed by atoms with Crippen LogP contribution in [0, 0.1) is 5.21 Å². The van der Waals surface area contributed by atoms with Gasteiger partial charge >= 0.3 is 11.9 Å². The minimum Gasteiger partial charge on any atom is -0.597 e. The minimum absolute atomic E-state index is 0.0995. The van der Waals surface area contributed by atoms with Crippen molar-refractivity contribution in [1.82, 2.24) is 10.3 Å². The molecule has 1 saturated heterocycles. The van der Waals surface area contributed by atoms with Crippen molar-refractivity contribution < 1.29 is 14.3 Å². The van der Waals surface area contributed by atoms with Crippen molar-refractivity contribution >= 4 is 11.9 Å². The smallest absolute Gasteiger partial charge is 0.366 e. The first-order valence-corrected chi connectivity index (χ1v) is 5.73. The number of hydroxylamine groups is 2. The predicted octanol–water partition coefficient (Wildman–Crippen LogP) is 1.33. The highest BCUT2D eigenvalue weighted by atomic mass is 16.6. The number of unbranched alkanes of at least 4 members (excludes halogenated alkanes) is 1. The van der Waals surface area contributed by atoms with Gasteiger partial charge in [-0.25, -0.2) is 9.59 Å². The summed E-state index contributed by atoms with van der Waals surface area (Å²) in [5.74, 6) is -0.477. The molecule has 92 valence electrons. The molecule has 0 aliphatic carbocycles. The lowest BCUT2D eigenvalue weighted by atomic mass is 10.3. The summed E-state index contributed by atoms with van der Waals surface area (Å²) in [7, 11) is 0. The van der Waals surface area contributed by atoms with E-state index in [2.05, 4.69) is 5.43 Å². The number of hydrogen-bond donors (Lipinski definition) is 1. The molecule has 0 aromatic rings. The molecule has 1 rings (SSSR count). The zero-order chi connectivity index (χ0) is 12.2. The molecule has 0 bridgehead atoms. The molecule has 1 N–H and O–H groups in total. The topological polar surface area (TPSA) is 72.5 Å². The van der Waals surface area contributed by atoms with Crippen LogP contribution in [0.2, 0.25) is 0 Å². The molecule has 0 spiro atoms. The summed E-state index contributed by atoms with van der Waals surface area (Å²) in [4.78, 5) is 24.4. The van der Waals surface area contributed by atoms with Crippen molar-refractivity contribution in [3.63, 3.8) is 0 Å². The van der Waals surface area contributed by atoms with Gasteiger partial charge in [-0.15, -0.1) is 0 Å². The van der Waals surface area contributed by atoms with Crippen LogP contribution < -0.4 is 5.43 Å². The second-order valence-corrected chi connectivity index (χ2v) is 4.06. The summed E-state index contributed by atoms with van der Waals surface area (Å²) in [6, 6.07) is -0.437. The Kier molecular flexibility index (Phi) is 4.26. The number of nitrogens with one attached hydrogen (secondary N) is 1. The zero-order valence-electron chi connectivity index (χ0n) is 9.86. The average Bonchev–Trinajstić information content (AvgIpc) is 2.53. The Morgan fingerprint density at radius 3 is 2.75 bits per heavy atom. The van der Waals surface area contributed by atoms with Gasteiger partial charge in [0.15, 0.2) is 6.67 Å². The second kappa shape index (κ2) is 5.27. The van der Waals surface area contributed by atoms with Crippen molar-refractivity contribution in [2.24, 2.45) is 0 Å². The number of hydrogen-bond acceptors (Lipinski definition) is 3. The molecule has 3 amide bonds. The van der Waals surface area contributed by atoms with Crippen molar-refractivity contribution in [2.45, 2.75) is 39.5 Å². The molecular formula is C10H19N3O3. The van der Waals surface area contributed by atoms with E-state index in [0.717, 1.165) is 12.8 Å². The molecule has 16 heavy (non-hydrogen) atoms. The fourth-order valence-corrected chi connectivity index (χ4v) is 1.62. The number of nitrogens with zero attached hydrogens (tertiary/aromatic N) is 2. The first-order valence-electron chi connectivity index (χ1n) is 5.73. The highest BCUT2D eigenvalue weighted by Gasteiger charge is 2.40. The standard InChI is InChI=1S/C10H19N3O3/c1-3-5-7-12-8-13(16,11-10(12)15)9(14)6-4-2/h3-8H2,1-2H3,(H,11,15). The number of quaternary nitrogens is 1. The van der Waals surface area contributed by atoms with Gasteiger partial charge in [0.1, 0.15) is 0 Å². The molecule has 1 heterocycles. The predicted molar refractivity (Wildman–Crippen MR) is 58.6 cm³/mol. The average molecular weight is 229 g/mol. The maximum absolute atomic E-state index is 12.0.